The van der Waals surface area contributed by atoms with Crippen molar-refractivity contribution in [2.45, 2.75) is 12.2 Å². The quantitative estimate of drug-likeness (QED) is 0.726. The van der Waals surface area contributed by atoms with Gasteiger partial charge in [-0.1, -0.05) is 42.5 Å². The zero-order chi connectivity index (χ0) is 20.5. The van der Waals surface area contributed by atoms with Gasteiger partial charge in [0.1, 0.15) is 17.9 Å². The lowest BCUT2D eigenvalue weighted by Crippen LogP contribution is -2.44. The molecular weight excluding hydrogens is 384 g/mol. The first-order valence-electron chi connectivity index (χ1n) is 9.76. The number of morpholine rings is 1. The van der Waals surface area contributed by atoms with Gasteiger partial charge < -0.3 is 24.1 Å². The SMILES string of the molecule is O=C(c1cccc(=O)[nH]1)N1C[C@@H](c2ccccc2)O[C@@H](c2ccc3c(c2)OCO3)C1. The van der Waals surface area contributed by atoms with E-state index in [1.807, 2.05) is 48.5 Å². The zero-order valence-corrected chi connectivity index (χ0v) is 16.1. The van der Waals surface area contributed by atoms with Gasteiger partial charge in [0.15, 0.2) is 11.5 Å². The highest BCUT2D eigenvalue weighted by Crippen LogP contribution is 2.38. The Morgan fingerprint density at radius 3 is 2.43 bits per heavy atom. The number of pyridine rings is 1. The molecule has 3 heterocycles. The van der Waals surface area contributed by atoms with Crippen LogP contribution in [-0.2, 0) is 4.74 Å². The number of fused-ring (bicyclic) bond motifs is 1. The molecule has 30 heavy (non-hydrogen) atoms. The van der Waals surface area contributed by atoms with Crippen molar-refractivity contribution in [1.29, 1.82) is 0 Å². The third-order valence-corrected chi connectivity index (χ3v) is 5.33. The van der Waals surface area contributed by atoms with Crippen LogP contribution < -0.4 is 15.0 Å². The first-order valence-corrected chi connectivity index (χ1v) is 9.76. The van der Waals surface area contributed by atoms with Gasteiger partial charge in [-0.25, -0.2) is 0 Å². The highest BCUT2D eigenvalue weighted by Gasteiger charge is 2.33. The number of amides is 1. The number of aromatic nitrogens is 1. The summed E-state index contributed by atoms with van der Waals surface area (Å²) in [5.41, 5.74) is 1.85. The number of benzene rings is 2. The molecule has 7 heteroatoms. The number of nitrogens with one attached hydrogen (secondary N) is 1. The van der Waals surface area contributed by atoms with E-state index in [0.717, 1.165) is 11.1 Å². The fourth-order valence-electron chi connectivity index (χ4n) is 3.82. The molecule has 1 saturated heterocycles. The smallest absolute Gasteiger partial charge is 0.270 e. The number of nitrogens with zero attached hydrogens (tertiary/aromatic N) is 1. The minimum absolute atomic E-state index is 0.197. The molecule has 5 rings (SSSR count). The number of hydrogen-bond acceptors (Lipinski definition) is 5. The Morgan fingerprint density at radius 2 is 1.63 bits per heavy atom. The van der Waals surface area contributed by atoms with Crippen LogP contribution >= 0.6 is 0 Å². The van der Waals surface area contributed by atoms with Crippen molar-refractivity contribution in [3.63, 3.8) is 0 Å². The molecule has 7 nitrogen and oxygen atoms in total. The van der Waals surface area contributed by atoms with Gasteiger partial charge >= 0.3 is 0 Å². The maximum Gasteiger partial charge on any atom is 0.270 e. The minimum Gasteiger partial charge on any atom is -0.454 e. The van der Waals surface area contributed by atoms with Crippen molar-refractivity contribution in [2.24, 2.45) is 0 Å². The summed E-state index contributed by atoms with van der Waals surface area (Å²) in [5.74, 6) is 1.13. The van der Waals surface area contributed by atoms with Crippen LogP contribution in [0.5, 0.6) is 11.5 Å². The number of aromatic amines is 1. The summed E-state index contributed by atoms with van der Waals surface area (Å²) < 4.78 is 17.3. The Bertz CT molecular complexity index is 1130. The molecule has 1 N–H and O–H groups in total. The Hall–Kier alpha value is -3.58. The highest BCUT2D eigenvalue weighted by molar-refractivity contribution is 5.92. The van der Waals surface area contributed by atoms with Gasteiger partial charge in [-0.2, -0.15) is 0 Å². The summed E-state index contributed by atoms with van der Waals surface area (Å²) in [6, 6.07) is 20.1. The number of carbonyl (C=O) groups excluding carboxylic acids is 1. The van der Waals surface area contributed by atoms with E-state index in [0.29, 0.717) is 24.6 Å². The van der Waals surface area contributed by atoms with Crippen LogP contribution in [0.15, 0.2) is 71.5 Å². The minimum atomic E-state index is -0.349. The number of ether oxygens (including phenoxy) is 3. The van der Waals surface area contributed by atoms with Crippen LogP contribution in [0, 0.1) is 0 Å². The van der Waals surface area contributed by atoms with E-state index in [-0.39, 0.29) is 36.2 Å². The predicted octanol–water partition coefficient (Wildman–Crippen LogP) is 3.06. The highest BCUT2D eigenvalue weighted by atomic mass is 16.7. The van der Waals surface area contributed by atoms with Gasteiger partial charge in [0, 0.05) is 6.07 Å². The van der Waals surface area contributed by atoms with Crippen molar-refractivity contribution in [3.8, 4) is 11.5 Å². The van der Waals surface area contributed by atoms with Crippen molar-refractivity contribution in [1.82, 2.24) is 9.88 Å². The molecule has 2 aliphatic rings. The van der Waals surface area contributed by atoms with E-state index in [1.54, 1.807) is 17.0 Å². The summed E-state index contributed by atoms with van der Waals surface area (Å²) in [4.78, 5) is 29.2. The molecule has 1 aromatic heterocycles. The summed E-state index contributed by atoms with van der Waals surface area (Å²) >= 11 is 0. The van der Waals surface area contributed by atoms with Crippen molar-refractivity contribution in [2.75, 3.05) is 19.9 Å². The number of carbonyl (C=O) groups is 1. The molecule has 0 radical (unpaired) electrons. The Kier molecular flexibility index (Phi) is 4.72. The van der Waals surface area contributed by atoms with E-state index < -0.39 is 0 Å². The predicted molar refractivity (Wildman–Crippen MR) is 109 cm³/mol. The third-order valence-electron chi connectivity index (χ3n) is 5.33. The standard InChI is InChI=1S/C23H20N2O5/c26-22-8-4-7-17(24-22)23(27)25-12-20(15-5-2-1-3-6-15)30-21(13-25)16-9-10-18-19(11-16)29-14-28-18/h1-11,20-21H,12-14H2,(H,24,26)/t20-,21+/m0/s1. The number of H-pyrrole nitrogens is 1. The molecule has 3 aromatic rings. The molecule has 0 bridgehead atoms. The monoisotopic (exact) mass is 404 g/mol. The van der Waals surface area contributed by atoms with Crippen LogP contribution in [-0.4, -0.2) is 35.7 Å². The second kappa shape index (κ2) is 7.68. The van der Waals surface area contributed by atoms with E-state index in [9.17, 15) is 9.59 Å². The molecule has 2 aromatic carbocycles. The average molecular weight is 404 g/mol. The van der Waals surface area contributed by atoms with Gasteiger partial charge in [-0.3, -0.25) is 9.59 Å². The fraction of sp³-hybridized carbons (Fsp3) is 0.217. The largest absolute Gasteiger partial charge is 0.454 e. The van der Waals surface area contributed by atoms with E-state index in [1.165, 1.54) is 6.07 Å². The lowest BCUT2D eigenvalue weighted by atomic mass is 10.0. The molecule has 1 amide bonds. The second-order valence-electron chi connectivity index (χ2n) is 7.28. The molecule has 0 saturated carbocycles. The molecule has 2 aliphatic heterocycles. The van der Waals surface area contributed by atoms with Crippen molar-refractivity contribution < 1.29 is 19.0 Å². The van der Waals surface area contributed by atoms with E-state index >= 15 is 0 Å². The normalized spacial score (nSPS) is 20.2. The van der Waals surface area contributed by atoms with Gasteiger partial charge in [0.25, 0.3) is 5.91 Å². The van der Waals surface area contributed by atoms with Crippen LogP contribution in [0.2, 0.25) is 0 Å². The van der Waals surface area contributed by atoms with Crippen LogP contribution in [0.3, 0.4) is 0 Å². The maximum atomic E-state index is 13.1. The molecule has 1 fully saturated rings. The summed E-state index contributed by atoms with van der Waals surface area (Å²) in [6.45, 7) is 0.947. The number of hydrogen-bond donors (Lipinski definition) is 1. The molecule has 0 spiro atoms. The van der Waals surface area contributed by atoms with E-state index in [2.05, 4.69) is 4.98 Å². The maximum absolute atomic E-state index is 13.1. The summed E-state index contributed by atoms with van der Waals surface area (Å²) in [6.07, 6.45) is -0.646. The Balaban J connectivity index is 1.48. The Morgan fingerprint density at radius 1 is 0.867 bits per heavy atom. The first-order chi connectivity index (χ1) is 14.7. The van der Waals surface area contributed by atoms with Gasteiger partial charge in [-0.15, -0.1) is 0 Å². The van der Waals surface area contributed by atoms with Crippen molar-refractivity contribution >= 4 is 5.91 Å². The van der Waals surface area contributed by atoms with Crippen molar-refractivity contribution in [3.05, 3.63) is 93.9 Å². The lowest BCUT2D eigenvalue weighted by molar-refractivity contribution is -0.0798. The summed E-state index contributed by atoms with van der Waals surface area (Å²) in [5, 5.41) is 0. The molecule has 0 unspecified atom stereocenters. The average Bonchev–Trinajstić information content (AvgIpc) is 3.27. The topological polar surface area (TPSA) is 80.9 Å². The lowest BCUT2D eigenvalue weighted by Gasteiger charge is -2.38. The second-order valence-corrected chi connectivity index (χ2v) is 7.28. The molecule has 0 aliphatic carbocycles. The number of rotatable bonds is 3. The first kappa shape index (κ1) is 18.4. The van der Waals surface area contributed by atoms with Crippen LogP contribution in [0.1, 0.15) is 33.8 Å². The molecule has 152 valence electrons. The van der Waals surface area contributed by atoms with Gasteiger partial charge in [0.2, 0.25) is 12.4 Å². The third kappa shape index (κ3) is 3.55. The van der Waals surface area contributed by atoms with Crippen LogP contribution in [0.4, 0.5) is 0 Å². The van der Waals surface area contributed by atoms with E-state index in [4.69, 9.17) is 14.2 Å². The molecule has 2 atom stereocenters. The summed E-state index contributed by atoms with van der Waals surface area (Å²) in [7, 11) is 0. The zero-order valence-electron chi connectivity index (χ0n) is 16.1. The van der Waals surface area contributed by atoms with Gasteiger partial charge in [-0.05, 0) is 29.3 Å². The van der Waals surface area contributed by atoms with Gasteiger partial charge in [0.05, 0.1) is 13.1 Å². The molecular formula is C23H20N2O5. The van der Waals surface area contributed by atoms with Crippen LogP contribution in [0.25, 0.3) is 0 Å². The fourth-order valence-corrected chi connectivity index (χ4v) is 3.82. The Labute approximate surface area is 172 Å².